The van der Waals surface area contributed by atoms with Crippen LogP contribution in [0.3, 0.4) is 0 Å². The molecule has 0 aromatic carbocycles. The molecule has 3 fully saturated rings. The highest BCUT2D eigenvalue weighted by Crippen LogP contribution is 2.33. The topological polar surface area (TPSA) is 18.5 Å². The second kappa shape index (κ2) is 5.48. The summed E-state index contributed by atoms with van der Waals surface area (Å²) in [4.78, 5) is 5.61. The van der Waals surface area contributed by atoms with Gasteiger partial charge in [-0.05, 0) is 52.6 Å². The smallest absolute Gasteiger partial charge is 0.0266 e. The Labute approximate surface area is 112 Å². The lowest BCUT2D eigenvalue weighted by molar-refractivity contribution is 0.0551. The molecule has 0 radical (unpaired) electrons. The molecule has 0 saturated carbocycles. The van der Waals surface area contributed by atoms with Gasteiger partial charge in [-0.3, -0.25) is 9.80 Å². The first-order chi connectivity index (χ1) is 8.79. The fourth-order valence-corrected chi connectivity index (χ4v) is 4.55. The SMILES string of the molecule is CNC1CCN(C2CCN3CCCCC23)C(C)C1. The summed E-state index contributed by atoms with van der Waals surface area (Å²) in [5, 5.41) is 3.46. The lowest BCUT2D eigenvalue weighted by Gasteiger charge is -2.44. The minimum atomic E-state index is 0.750. The molecular formula is C15H29N3. The summed E-state index contributed by atoms with van der Waals surface area (Å²) >= 11 is 0. The molecule has 1 N–H and O–H groups in total. The summed E-state index contributed by atoms with van der Waals surface area (Å²) in [6, 6.07) is 3.26. The van der Waals surface area contributed by atoms with Crippen LogP contribution in [0.15, 0.2) is 0 Å². The minimum absolute atomic E-state index is 0.750. The van der Waals surface area contributed by atoms with E-state index in [0.717, 1.165) is 24.2 Å². The average molecular weight is 251 g/mol. The molecule has 104 valence electrons. The third-order valence-corrected chi connectivity index (χ3v) is 5.58. The first-order valence-corrected chi connectivity index (χ1v) is 7.96. The molecule has 4 unspecified atom stereocenters. The Bertz CT molecular complexity index is 281. The number of nitrogens with zero attached hydrogens (tertiary/aromatic N) is 2. The van der Waals surface area contributed by atoms with Crippen molar-refractivity contribution in [1.82, 2.24) is 15.1 Å². The highest BCUT2D eigenvalue weighted by Gasteiger charge is 2.41. The van der Waals surface area contributed by atoms with Crippen molar-refractivity contribution < 1.29 is 0 Å². The maximum Gasteiger partial charge on any atom is 0.0266 e. The van der Waals surface area contributed by atoms with Crippen molar-refractivity contribution in [2.45, 2.75) is 69.6 Å². The molecule has 4 atom stereocenters. The van der Waals surface area contributed by atoms with E-state index < -0.39 is 0 Å². The predicted molar refractivity (Wildman–Crippen MR) is 75.9 cm³/mol. The van der Waals surface area contributed by atoms with Gasteiger partial charge in [0, 0.05) is 37.3 Å². The molecule has 3 rings (SSSR count). The Morgan fingerprint density at radius 1 is 0.944 bits per heavy atom. The monoisotopic (exact) mass is 251 g/mol. The summed E-state index contributed by atoms with van der Waals surface area (Å²) in [6.45, 7) is 6.47. The van der Waals surface area contributed by atoms with Gasteiger partial charge in [-0.2, -0.15) is 0 Å². The molecule has 3 heterocycles. The molecular weight excluding hydrogens is 222 g/mol. The van der Waals surface area contributed by atoms with Crippen molar-refractivity contribution in [3.05, 3.63) is 0 Å². The van der Waals surface area contributed by atoms with Crippen LogP contribution in [-0.4, -0.2) is 60.6 Å². The van der Waals surface area contributed by atoms with E-state index in [-0.39, 0.29) is 0 Å². The largest absolute Gasteiger partial charge is 0.317 e. The number of hydrogen-bond acceptors (Lipinski definition) is 3. The number of rotatable bonds is 2. The van der Waals surface area contributed by atoms with Crippen LogP contribution in [0.4, 0.5) is 0 Å². The Morgan fingerprint density at radius 2 is 1.83 bits per heavy atom. The highest BCUT2D eigenvalue weighted by atomic mass is 15.3. The van der Waals surface area contributed by atoms with Gasteiger partial charge in [-0.25, -0.2) is 0 Å². The van der Waals surface area contributed by atoms with Gasteiger partial charge in [-0.1, -0.05) is 6.42 Å². The summed E-state index contributed by atoms with van der Waals surface area (Å²) in [5.41, 5.74) is 0. The number of fused-ring (bicyclic) bond motifs is 1. The number of piperidine rings is 2. The number of hydrogen-bond donors (Lipinski definition) is 1. The predicted octanol–water partition coefficient (Wildman–Crippen LogP) is 1.69. The third kappa shape index (κ3) is 2.33. The van der Waals surface area contributed by atoms with Crippen molar-refractivity contribution in [3.8, 4) is 0 Å². The molecule has 0 bridgehead atoms. The number of nitrogens with one attached hydrogen (secondary N) is 1. The van der Waals surface area contributed by atoms with E-state index in [0.29, 0.717) is 0 Å². The standard InChI is InChI=1S/C15H29N3/c1-12-11-13(16-2)6-10-18(12)15-7-9-17-8-4-3-5-14(15)17/h12-16H,3-11H2,1-2H3. The van der Waals surface area contributed by atoms with Crippen LogP contribution in [0.25, 0.3) is 0 Å². The zero-order chi connectivity index (χ0) is 12.5. The van der Waals surface area contributed by atoms with Crippen LogP contribution in [0.1, 0.15) is 45.4 Å². The van der Waals surface area contributed by atoms with Crippen LogP contribution in [-0.2, 0) is 0 Å². The summed E-state index contributed by atoms with van der Waals surface area (Å²) in [7, 11) is 2.12. The van der Waals surface area contributed by atoms with E-state index >= 15 is 0 Å². The quantitative estimate of drug-likeness (QED) is 0.806. The third-order valence-electron chi connectivity index (χ3n) is 5.58. The van der Waals surface area contributed by atoms with Crippen LogP contribution >= 0.6 is 0 Å². The van der Waals surface area contributed by atoms with Crippen molar-refractivity contribution >= 4 is 0 Å². The molecule has 0 aromatic heterocycles. The maximum atomic E-state index is 3.46. The van der Waals surface area contributed by atoms with Crippen LogP contribution in [0.2, 0.25) is 0 Å². The van der Waals surface area contributed by atoms with E-state index in [9.17, 15) is 0 Å². The van der Waals surface area contributed by atoms with Crippen LogP contribution < -0.4 is 5.32 Å². The van der Waals surface area contributed by atoms with Crippen molar-refractivity contribution in [2.24, 2.45) is 0 Å². The fraction of sp³-hybridized carbons (Fsp3) is 1.00. The number of likely N-dealkylation sites (tertiary alicyclic amines) is 1. The van der Waals surface area contributed by atoms with Crippen molar-refractivity contribution in [1.29, 1.82) is 0 Å². The zero-order valence-corrected chi connectivity index (χ0v) is 12.1. The molecule has 3 heteroatoms. The van der Waals surface area contributed by atoms with E-state index in [4.69, 9.17) is 0 Å². The summed E-state index contributed by atoms with van der Waals surface area (Å²) < 4.78 is 0. The molecule has 3 aliphatic heterocycles. The average Bonchev–Trinajstić information content (AvgIpc) is 2.82. The molecule has 3 aliphatic rings. The van der Waals surface area contributed by atoms with Gasteiger partial charge in [0.05, 0.1) is 0 Å². The van der Waals surface area contributed by atoms with Crippen molar-refractivity contribution in [2.75, 3.05) is 26.7 Å². The van der Waals surface area contributed by atoms with Gasteiger partial charge in [0.15, 0.2) is 0 Å². The normalized spacial score (nSPS) is 43.0. The minimum Gasteiger partial charge on any atom is -0.317 e. The second-order valence-electron chi connectivity index (χ2n) is 6.55. The zero-order valence-electron chi connectivity index (χ0n) is 12.1. The summed E-state index contributed by atoms with van der Waals surface area (Å²) in [5.74, 6) is 0. The van der Waals surface area contributed by atoms with Gasteiger partial charge >= 0.3 is 0 Å². The highest BCUT2D eigenvalue weighted by molar-refractivity contribution is 4.98. The first-order valence-electron chi connectivity index (χ1n) is 7.96. The molecule has 0 aliphatic carbocycles. The Kier molecular flexibility index (Phi) is 3.92. The van der Waals surface area contributed by atoms with E-state index in [1.54, 1.807) is 0 Å². The Hall–Kier alpha value is -0.120. The van der Waals surface area contributed by atoms with Gasteiger partial charge in [-0.15, -0.1) is 0 Å². The Morgan fingerprint density at radius 3 is 2.61 bits per heavy atom. The van der Waals surface area contributed by atoms with Gasteiger partial charge < -0.3 is 5.32 Å². The van der Waals surface area contributed by atoms with Crippen LogP contribution in [0.5, 0.6) is 0 Å². The Balaban J connectivity index is 1.64. The molecule has 18 heavy (non-hydrogen) atoms. The van der Waals surface area contributed by atoms with E-state index in [1.165, 1.54) is 58.2 Å². The molecule has 0 aromatic rings. The maximum absolute atomic E-state index is 3.46. The molecule has 0 amide bonds. The van der Waals surface area contributed by atoms with E-state index in [2.05, 4.69) is 29.1 Å². The van der Waals surface area contributed by atoms with Gasteiger partial charge in [0.25, 0.3) is 0 Å². The van der Waals surface area contributed by atoms with Crippen LogP contribution in [0, 0.1) is 0 Å². The van der Waals surface area contributed by atoms with Gasteiger partial charge in [0.1, 0.15) is 0 Å². The lowest BCUT2D eigenvalue weighted by atomic mass is 9.92. The second-order valence-corrected chi connectivity index (χ2v) is 6.55. The summed E-state index contributed by atoms with van der Waals surface area (Å²) in [6.07, 6.45) is 8.42. The van der Waals surface area contributed by atoms with Crippen molar-refractivity contribution in [3.63, 3.8) is 0 Å². The fourth-order valence-electron chi connectivity index (χ4n) is 4.55. The first kappa shape index (κ1) is 12.9. The molecule has 3 saturated heterocycles. The molecule has 3 nitrogen and oxygen atoms in total. The lowest BCUT2D eigenvalue weighted by Crippen LogP contribution is -2.55. The molecule has 0 spiro atoms. The van der Waals surface area contributed by atoms with E-state index in [1.807, 2.05) is 0 Å². The van der Waals surface area contributed by atoms with Gasteiger partial charge in [0.2, 0.25) is 0 Å².